The number of carbonyl (C=O) groups excluding carboxylic acids is 1. The molecule has 1 saturated carbocycles. The summed E-state index contributed by atoms with van der Waals surface area (Å²) in [5, 5.41) is 2.95. The molecular formula is C14H19N3OS. The third-order valence-electron chi connectivity index (χ3n) is 3.26. The summed E-state index contributed by atoms with van der Waals surface area (Å²) in [6.07, 6.45) is 2.49. The van der Waals surface area contributed by atoms with E-state index >= 15 is 0 Å². The summed E-state index contributed by atoms with van der Waals surface area (Å²) >= 11 is 4.91. The van der Waals surface area contributed by atoms with Gasteiger partial charge in [0.15, 0.2) is 0 Å². The van der Waals surface area contributed by atoms with Gasteiger partial charge in [-0.15, -0.1) is 0 Å². The van der Waals surface area contributed by atoms with Crippen molar-refractivity contribution in [3.8, 4) is 0 Å². The van der Waals surface area contributed by atoms with Crippen molar-refractivity contribution in [2.75, 3.05) is 25.0 Å². The van der Waals surface area contributed by atoms with Crippen LogP contribution < -0.4 is 16.0 Å². The largest absolute Gasteiger partial charge is 0.389 e. The summed E-state index contributed by atoms with van der Waals surface area (Å²) in [5.74, 6) is 0.770. The molecule has 102 valence electrons. The van der Waals surface area contributed by atoms with E-state index in [-0.39, 0.29) is 5.91 Å². The van der Waals surface area contributed by atoms with E-state index in [0.29, 0.717) is 17.5 Å². The van der Waals surface area contributed by atoms with Crippen LogP contribution in [-0.2, 0) is 4.79 Å². The van der Waals surface area contributed by atoms with Crippen LogP contribution in [0.15, 0.2) is 24.3 Å². The van der Waals surface area contributed by atoms with E-state index in [9.17, 15) is 4.79 Å². The van der Waals surface area contributed by atoms with Crippen LogP contribution in [0.3, 0.4) is 0 Å². The first kappa shape index (κ1) is 13.8. The molecule has 1 fully saturated rings. The van der Waals surface area contributed by atoms with Crippen LogP contribution in [0.4, 0.5) is 5.69 Å². The minimum atomic E-state index is 0.0628. The van der Waals surface area contributed by atoms with Crippen LogP contribution >= 0.6 is 12.2 Å². The zero-order chi connectivity index (χ0) is 13.8. The van der Waals surface area contributed by atoms with Gasteiger partial charge in [-0.3, -0.25) is 4.79 Å². The number of likely N-dealkylation sites (N-methyl/N-ethyl adjacent to an activating group) is 1. The highest BCUT2D eigenvalue weighted by atomic mass is 32.1. The second-order valence-electron chi connectivity index (χ2n) is 5.01. The van der Waals surface area contributed by atoms with E-state index in [2.05, 4.69) is 5.32 Å². The van der Waals surface area contributed by atoms with Crippen molar-refractivity contribution in [3.63, 3.8) is 0 Å². The molecule has 0 bridgehead atoms. The molecule has 1 aliphatic rings. The molecule has 0 aromatic heterocycles. The molecule has 0 spiro atoms. The Hall–Kier alpha value is -1.62. The van der Waals surface area contributed by atoms with Gasteiger partial charge in [-0.2, -0.15) is 0 Å². The lowest BCUT2D eigenvalue weighted by molar-refractivity contribution is -0.119. The minimum absolute atomic E-state index is 0.0628. The van der Waals surface area contributed by atoms with Crippen molar-refractivity contribution in [3.05, 3.63) is 29.8 Å². The predicted molar refractivity (Wildman–Crippen MR) is 81.3 cm³/mol. The third-order valence-corrected chi connectivity index (χ3v) is 3.49. The Morgan fingerprint density at radius 2 is 2.05 bits per heavy atom. The summed E-state index contributed by atoms with van der Waals surface area (Å²) in [6.45, 7) is 1.17. The normalized spacial score (nSPS) is 13.9. The molecule has 0 heterocycles. The average Bonchev–Trinajstić information content (AvgIpc) is 3.20. The first-order valence-electron chi connectivity index (χ1n) is 6.44. The van der Waals surface area contributed by atoms with E-state index in [1.54, 1.807) is 0 Å². The van der Waals surface area contributed by atoms with Crippen molar-refractivity contribution in [1.82, 2.24) is 5.32 Å². The van der Waals surface area contributed by atoms with E-state index in [1.165, 1.54) is 12.8 Å². The van der Waals surface area contributed by atoms with E-state index in [4.69, 9.17) is 18.0 Å². The summed E-state index contributed by atoms with van der Waals surface area (Å²) in [6, 6.07) is 7.58. The number of nitrogens with one attached hydrogen (secondary N) is 1. The molecule has 0 aliphatic heterocycles. The Bertz CT molecular complexity index is 468. The van der Waals surface area contributed by atoms with Crippen LogP contribution in [0.25, 0.3) is 0 Å². The average molecular weight is 277 g/mol. The molecule has 0 unspecified atom stereocenters. The molecule has 1 aliphatic carbocycles. The fourth-order valence-electron chi connectivity index (χ4n) is 1.82. The number of nitrogens with two attached hydrogens (primary N) is 1. The van der Waals surface area contributed by atoms with Gasteiger partial charge in [0.2, 0.25) is 5.91 Å². The first-order valence-corrected chi connectivity index (χ1v) is 6.85. The number of hydrogen-bond donors (Lipinski definition) is 2. The highest BCUT2D eigenvalue weighted by Crippen LogP contribution is 2.27. The number of rotatable bonds is 6. The number of anilines is 1. The summed E-state index contributed by atoms with van der Waals surface area (Å²) in [5.41, 5.74) is 7.36. The Kier molecular flexibility index (Phi) is 4.37. The topological polar surface area (TPSA) is 58.4 Å². The number of hydrogen-bond acceptors (Lipinski definition) is 3. The number of thiocarbonyl (C=S) groups is 1. The molecule has 19 heavy (non-hydrogen) atoms. The number of benzene rings is 1. The molecule has 1 aromatic rings. The van der Waals surface area contributed by atoms with Crippen LogP contribution in [0.2, 0.25) is 0 Å². The second kappa shape index (κ2) is 6.02. The summed E-state index contributed by atoms with van der Waals surface area (Å²) in [4.78, 5) is 14.0. The van der Waals surface area contributed by atoms with Gasteiger partial charge in [-0.25, -0.2) is 0 Å². The minimum Gasteiger partial charge on any atom is -0.389 e. The lowest BCUT2D eigenvalue weighted by Gasteiger charge is -2.19. The number of carbonyl (C=O) groups is 1. The maximum Gasteiger partial charge on any atom is 0.239 e. The molecule has 2 rings (SSSR count). The monoisotopic (exact) mass is 277 g/mol. The molecule has 1 aromatic carbocycles. The highest BCUT2D eigenvalue weighted by molar-refractivity contribution is 7.80. The van der Waals surface area contributed by atoms with Crippen molar-refractivity contribution in [2.24, 2.45) is 11.7 Å². The summed E-state index contributed by atoms with van der Waals surface area (Å²) in [7, 11) is 1.90. The molecule has 0 radical (unpaired) electrons. The van der Waals surface area contributed by atoms with Gasteiger partial charge in [0.25, 0.3) is 0 Å². The Morgan fingerprint density at radius 3 is 2.58 bits per heavy atom. The lowest BCUT2D eigenvalue weighted by Crippen LogP contribution is -2.36. The maximum atomic E-state index is 11.7. The van der Waals surface area contributed by atoms with Gasteiger partial charge in [-0.1, -0.05) is 12.2 Å². The predicted octanol–water partition coefficient (Wildman–Crippen LogP) is 1.28. The third kappa shape index (κ3) is 4.21. The Morgan fingerprint density at radius 1 is 1.42 bits per heavy atom. The van der Waals surface area contributed by atoms with Gasteiger partial charge < -0.3 is 16.0 Å². The fourth-order valence-corrected chi connectivity index (χ4v) is 1.96. The van der Waals surface area contributed by atoms with Gasteiger partial charge in [0.1, 0.15) is 4.99 Å². The maximum absolute atomic E-state index is 11.7. The second-order valence-corrected chi connectivity index (χ2v) is 5.45. The van der Waals surface area contributed by atoms with Crippen molar-refractivity contribution < 1.29 is 4.79 Å². The fraction of sp³-hybridized carbons (Fsp3) is 0.429. The van der Waals surface area contributed by atoms with Crippen LogP contribution in [0.1, 0.15) is 18.4 Å². The molecule has 0 saturated heterocycles. The van der Waals surface area contributed by atoms with Crippen molar-refractivity contribution in [2.45, 2.75) is 12.8 Å². The van der Waals surface area contributed by atoms with Gasteiger partial charge >= 0.3 is 0 Å². The highest BCUT2D eigenvalue weighted by Gasteiger charge is 2.21. The van der Waals surface area contributed by atoms with Gasteiger partial charge in [0, 0.05) is 24.8 Å². The molecular weight excluding hydrogens is 258 g/mol. The van der Waals surface area contributed by atoms with E-state index < -0.39 is 0 Å². The Labute approximate surface area is 119 Å². The lowest BCUT2D eigenvalue weighted by atomic mass is 10.2. The van der Waals surface area contributed by atoms with Gasteiger partial charge in [0.05, 0.1) is 6.54 Å². The standard InChI is InChI=1S/C14H19N3OS/c1-17(9-13(18)16-8-10-2-3-10)12-6-4-11(5-7-12)14(15)19/h4-7,10H,2-3,8-9H2,1H3,(H2,15,19)(H,16,18). The molecule has 1 amide bonds. The Balaban J connectivity index is 1.85. The molecule has 0 atom stereocenters. The smallest absolute Gasteiger partial charge is 0.239 e. The molecule has 4 nitrogen and oxygen atoms in total. The first-order chi connectivity index (χ1) is 9.06. The van der Waals surface area contributed by atoms with Gasteiger partial charge in [-0.05, 0) is 43.0 Å². The zero-order valence-corrected chi connectivity index (χ0v) is 11.9. The number of amides is 1. The quantitative estimate of drug-likeness (QED) is 0.769. The summed E-state index contributed by atoms with van der Waals surface area (Å²) < 4.78 is 0. The molecule has 3 N–H and O–H groups in total. The van der Waals surface area contributed by atoms with Crippen LogP contribution in [0, 0.1) is 5.92 Å². The van der Waals surface area contributed by atoms with Crippen molar-refractivity contribution >= 4 is 28.8 Å². The van der Waals surface area contributed by atoms with Crippen molar-refractivity contribution in [1.29, 1.82) is 0 Å². The number of nitrogens with zero attached hydrogens (tertiary/aromatic N) is 1. The van der Waals surface area contributed by atoms with E-state index in [1.807, 2.05) is 36.2 Å². The van der Waals surface area contributed by atoms with E-state index in [0.717, 1.165) is 17.8 Å². The van der Waals surface area contributed by atoms with Crippen LogP contribution in [-0.4, -0.2) is 31.0 Å². The van der Waals surface area contributed by atoms with Crippen LogP contribution in [0.5, 0.6) is 0 Å². The molecule has 5 heteroatoms. The SMILES string of the molecule is CN(CC(=O)NCC1CC1)c1ccc(C(N)=S)cc1. The zero-order valence-electron chi connectivity index (χ0n) is 11.1.